The van der Waals surface area contributed by atoms with Crippen LogP contribution >= 0.6 is 0 Å². The molecule has 14 heavy (non-hydrogen) atoms. The van der Waals surface area contributed by atoms with Crippen molar-refractivity contribution in [3.63, 3.8) is 0 Å². The van der Waals surface area contributed by atoms with E-state index in [1.54, 1.807) is 0 Å². The van der Waals surface area contributed by atoms with Gasteiger partial charge in [-0.3, -0.25) is 9.29 Å². The molecular weight excluding hydrogens is 177 g/mol. The number of halogens is 1. The molecule has 0 spiro atoms. The molecule has 0 saturated carbocycles. The summed E-state index contributed by atoms with van der Waals surface area (Å²) in [5, 5.41) is 0. The number of hydrogen-bond donors (Lipinski definition) is 0. The topological polar surface area (TPSA) is 3.24 Å². The second-order valence-electron chi connectivity index (χ2n) is 4.90. The van der Waals surface area contributed by atoms with Crippen molar-refractivity contribution in [2.24, 2.45) is 5.41 Å². The predicted molar refractivity (Wildman–Crippen MR) is 59.2 cm³/mol. The lowest BCUT2D eigenvalue weighted by Gasteiger charge is -2.36. The molecule has 0 N–H and O–H groups in total. The van der Waals surface area contributed by atoms with Gasteiger partial charge in [0.05, 0.1) is 6.67 Å². The van der Waals surface area contributed by atoms with Gasteiger partial charge in [-0.25, -0.2) is 0 Å². The van der Waals surface area contributed by atoms with E-state index >= 15 is 0 Å². The summed E-state index contributed by atoms with van der Waals surface area (Å²) in [7, 11) is 0. The average Bonchev–Trinajstić information content (AvgIpc) is 2.09. The average molecular weight is 199 g/mol. The molecule has 1 nitrogen and oxygen atoms in total. The molecule has 82 valence electrons. The second-order valence-corrected chi connectivity index (χ2v) is 4.90. The van der Waals surface area contributed by atoms with Crippen LogP contribution in [0.1, 0.15) is 33.6 Å². The van der Waals surface area contributed by atoms with Crippen molar-refractivity contribution in [1.82, 2.24) is 4.90 Å². The molecule has 1 rings (SSSR count). The fourth-order valence-corrected chi connectivity index (χ4v) is 1.72. The summed E-state index contributed by atoms with van der Waals surface area (Å²) < 4.78 is 11.9. The van der Waals surface area contributed by atoms with E-state index in [-0.39, 0.29) is 6.67 Å². The number of alkyl halides is 1. The second kappa shape index (κ2) is 4.92. The highest BCUT2D eigenvalue weighted by atomic mass is 19.1. The number of hydrogen-bond acceptors (Lipinski definition) is 1. The highest BCUT2D eigenvalue weighted by Crippen LogP contribution is 2.26. The van der Waals surface area contributed by atoms with Crippen molar-refractivity contribution >= 4 is 0 Å². The van der Waals surface area contributed by atoms with E-state index in [0.29, 0.717) is 11.8 Å². The van der Waals surface area contributed by atoms with Gasteiger partial charge in [0.15, 0.2) is 0 Å². The molecule has 1 aliphatic heterocycles. The number of allylic oxidation sites excluding steroid dienone is 1. The molecule has 1 aliphatic rings. The lowest BCUT2D eigenvalue weighted by molar-refractivity contribution is 0.233. The van der Waals surface area contributed by atoms with E-state index in [2.05, 4.69) is 31.7 Å². The Morgan fingerprint density at radius 2 is 2.07 bits per heavy atom. The fraction of sp³-hybridized carbons (Fsp3) is 0.833. The van der Waals surface area contributed by atoms with Gasteiger partial charge in [0, 0.05) is 19.6 Å². The lowest BCUT2D eigenvalue weighted by Crippen LogP contribution is -2.41. The number of rotatable bonds is 5. The van der Waals surface area contributed by atoms with Crippen LogP contribution in [0.5, 0.6) is 0 Å². The van der Waals surface area contributed by atoms with Crippen LogP contribution in [0.3, 0.4) is 0 Å². The SMILES string of the molecule is CCC(C)(C)C=C1CN(CCCF)C1. The molecule has 0 atom stereocenters. The Hall–Kier alpha value is -0.370. The van der Waals surface area contributed by atoms with Crippen LogP contribution in [-0.2, 0) is 0 Å². The van der Waals surface area contributed by atoms with Crippen molar-refractivity contribution in [3.8, 4) is 0 Å². The van der Waals surface area contributed by atoms with E-state index in [4.69, 9.17) is 0 Å². The summed E-state index contributed by atoms with van der Waals surface area (Å²) in [6.07, 6.45) is 4.25. The van der Waals surface area contributed by atoms with Crippen LogP contribution in [-0.4, -0.2) is 31.2 Å². The Morgan fingerprint density at radius 1 is 1.43 bits per heavy atom. The van der Waals surface area contributed by atoms with E-state index in [9.17, 15) is 4.39 Å². The van der Waals surface area contributed by atoms with Gasteiger partial charge in [-0.2, -0.15) is 0 Å². The molecular formula is C12H22FN. The molecule has 0 unspecified atom stereocenters. The Balaban J connectivity index is 2.26. The monoisotopic (exact) mass is 199 g/mol. The van der Waals surface area contributed by atoms with Gasteiger partial charge in [0.25, 0.3) is 0 Å². The van der Waals surface area contributed by atoms with E-state index in [1.165, 1.54) is 12.0 Å². The van der Waals surface area contributed by atoms with E-state index in [0.717, 1.165) is 19.6 Å². The van der Waals surface area contributed by atoms with Crippen molar-refractivity contribution in [1.29, 1.82) is 0 Å². The molecule has 1 saturated heterocycles. The van der Waals surface area contributed by atoms with Crippen molar-refractivity contribution < 1.29 is 4.39 Å². The first-order valence-electron chi connectivity index (χ1n) is 5.56. The maximum absolute atomic E-state index is 11.9. The first-order chi connectivity index (χ1) is 6.57. The van der Waals surface area contributed by atoms with Crippen LogP contribution < -0.4 is 0 Å². The number of nitrogens with zero attached hydrogens (tertiary/aromatic N) is 1. The molecule has 0 aliphatic carbocycles. The van der Waals surface area contributed by atoms with Crippen molar-refractivity contribution in [3.05, 3.63) is 11.6 Å². The van der Waals surface area contributed by atoms with Crippen LogP contribution in [0.15, 0.2) is 11.6 Å². The van der Waals surface area contributed by atoms with Crippen LogP contribution in [0.25, 0.3) is 0 Å². The molecule has 0 bridgehead atoms. The molecule has 0 aromatic rings. The maximum Gasteiger partial charge on any atom is 0.0906 e. The Bertz CT molecular complexity index is 200. The molecule has 0 amide bonds. The van der Waals surface area contributed by atoms with Crippen molar-refractivity contribution in [2.45, 2.75) is 33.6 Å². The first kappa shape index (κ1) is 11.7. The highest BCUT2D eigenvalue weighted by Gasteiger charge is 2.22. The van der Waals surface area contributed by atoms with Gasteiger partial charge in [-0.1, -0.05) is 26.8 Å². The molecule has 1 heterocycles. The normalized spacial score (nSPS) is 18.1. The van der Waals surface area contributed by atoms with Crippen molar-refractivity contribution in [2.75, 3.05) is 26.3 Å². The third-order valence-electron chi connectivity index (χ3n) is 2.97. The molecule has 0 aromatic heterocycles. The zero-order valence-corrected chi connectivity index (χ0v) is 9.65. The Kier molecular flexibility index (Phi) is 4.11. The van der Waals surface area contributed by atoms with Gasteiger partial charge in [-0.15, -0.1) is 0 Å². The first-order valence-corrected chi connectivity index (χ1v) is 5.56. The maximum atomic E-state index is 11.9. The Morgan fingerprint density at radius 3 is 2.57 bits per heavy atom. The van der Waals surface area contributed by atoms with E-state index < -0.39 is 0 Å². The smallest absolute Gasteiger partial charge is 0.0906 e. The minimum absolute atomic E-state index is 0.185. The minimum atomic E-state index is -0.185. The lowest BCUT2D eigenvalue weighted by atomic mass is 9.86. The Labute approximate surface area is 87.0 Å². The van der Waals surface area contributed by atoms with E-state index in [1.807, 2.05) is 0 Å². The van der Waals surface area contributed by atoms with Crippen LogP contribution in [0, 0.1) is 5.41 Å². The third kappa shape index (κ3) is 3.41. The van der Waals surface area contributed by atoms with Gasteiger partial charge in [0.1, 0.15) is 0 Å². The largest absolute Gasteiger partial charge is 0.295 e. The highest BCUT2D eigenvalue weighted by molar-refractivity contribution is 5.18. The molecule has 1 fully saturated rings. The minimum Gasteiger partial charge on any atom is -0.295 e. The summed E-state index contributed by atoms with van der Waals surface area (Å²) in [5.41, 5.74) is 1.86. The third-order valence-corrected chi connectivity index (χ3v) is 2.97. The standard InChI is InChI=1S/C12H22FN/c1-4-12(2,3)8-11-9-14(10-11)7-5-6-13/h8H,4-7,9-10H2,1-3H3. The fourth-order valence-electron chi connectivity index (χ4n) is 1.72. The summed E-state index contributed by atoms with van der Waals surface area (Å²) >= 11 is 0. The van der Waals surface area contributed by atoms with Gasteiger partial charge in [0.2, 0.25) is 0 Å². The van der Waals surface area contributed by atoms with Gasteiger partial charge in [-0.05, 0) is 23.8 Å². The van der Waals surface area contributed by atoms with Gasteiger partial charge >= 0.3 is 0 Å². The zero-order chi connectivity index (χ0) is 10.6. The van der Waals surface area contributed by atoms with Crippen LogP contribution in [0.4, 0.5) is 4.39 Å². The quantitative estimate of drug-likeness (QED) is 0.615. The molecule has 0 aromatic carbocycles. The summed E-state index contributed by atoms with van der Waals surface area (Å²) in [5.74, 6) is 0. The zero-order valence-electron chi connectivity index (χ0n) is 9.65. The summed E-state index contributed by atoms with van der Waals surface area (Å²) in [4.78, 5) is 2.30. The predicted octanol–water partition coefficient (Wildman–Crippen LogP) is 3.02. The molecule has 0 radical (unpaired) electrons. The molecule has 2 heteroatoms. The van der Waals surface area contributed by atoms with Crippen LogP contribution in [0.2, 0.25) is 0 Å². The summed E-state index contributed by atoms with van der Waals surface area (Å²) in [6, 6.07) is 0. The summed E-state index contributed by atoms with van der Waals surface area (Å²) in [6.45, 7) is 9.61. The number of likely N-dealkylation sites (tertiary alicyclic amines) is 1. The van der Waals surface area contributed by atoms with Gasteiger partial charge < -0.3 is 0 Å².